The molecule has 0 heterocycles. The van der Waals surface area contributed by atoms with Crippen molar-refractivity contribution in [3.63, 3.8) is 0 Å². The molecule has 0 aliphatic heterocycles. The van der Waals surface area contributed by atoms with Gasteiger partial charge in [0.1, 0.15) is 0 Å². The zero-order valence-electron chi connectivity index (χ0n) is 12.0. The molecule has 2 bridgehead atoms. The van der Waals surface area contributed by atoms with Crippen molar-refractivity contribution >= 4 is 5.91 Å². The average Bonchev–Trinajstić information content (AvgIpc) is 3.09. The summed E-state index contributed by atoms with van der Waals surface area (Å²) in [6.07, 6.45) is 10.1. The summed E-state index contributed by atoms with van der Waals surface area (Å²) in [5, 5.41) is 3.29. The molecule has 2 fully saturated rings. The number of carbonyl (C=O) groups is 1. The van der Waals surface area contributed by atoms with Gasteiger partial charge in [0.25, 0.3) is 5.91 Å². The van der Waals surface area contributed by atoms with E-state index in [1.807, 2.05) is 6.07 Å². The Balaban J connectivity index is 1.48. The van der Waals surface area contributed by atoms with Crippen LogP contribution in [0.25, 0.3) is 0 Å². The zero-order valence-corrected chi connectivity index (χ0v) is 12.0. The molecule has 0 saturated heterocycles. The van der Waals surface area contributed by atoms with Crippen molar-refractivity contribution in [3.8, 4) is 0 Å². The van der Waals surface area contributed by atoms with Gasteiger partial charge in [-0.2, -0.15) is 0 Å². The van der Waals surface area contributed by atoms with Gasteiger partial charge in [-0.1, -0.05) is 12.5 Å². The van der Waals surface area contributed by atoms with Crippen LogP contribution in [-0.4, -0.2) is 11.9 Å². The first kappa shape index (κ1) is 12.4. The van der Waals surface area contributed by atoms with E-state index in [1.54, 1.807) is 0 Å². The number of hydrogen-bond acceptors (Lipinski definition) is 1. The fourth-order valence-electron chi connectivity index (χ4n) is 4.55. The molecule has 20 heavy (non-hydrogen) atoms. The molecule has 1 N–H and O–H groups in total. The van der Waals surface area contributed by atoms with Crippen LogP contribution in [0.5, 0.6) is 0 Å². The Morgan fingerprint density at radius 2 is 1.90 bits per heavy atom. The van der Waals surface area contributed by atoms with Crippen LogP contribution in [-0.2, 0) is 12.8 Å². The summed E-state index contributed by atoms with van der Waals surface area (Å²) >= 11 is 0. The third-order valence-corrected chi connectivity index (χ3v) is 5.67. The van der Waals surface area contributed by atoms with Gasteiger partial charge in [0.15, 0.2) is 0 Å². The molecular formula is C18H23NO. The van der Waals surface area contributed by atoms with Crippen molar-refractivity contribution in [3.05, 3.63) is 34.9 Å². The Bertz CT molecular complexity index is 536. The fraction of sp³-hybridized carbons (Fsp3) is 0.611. The van der Waals surface area contributed by atoms with Gasteiger partial charge >= 0.3 is 0 Å². The van der Waals surface area contributed by atoms with E-state index in [1.165, 1.54) is 56.1 Å². The summed E-state index contributed by atoms with van der Waals surface area (Å²) in [5.74, 6) is 1.78. The first-order valence-electron chi connectivity index (χ1n) is 8.22. The van der Waals surface area contributed by atoms with E-state index < -0.39 is 0 Å². The summed E-state index contributed by atoms with van der Waals surface area (Å²) in [5.41, 5.74) is 3.72. The molecule has 0 spiro atoms. The van der Waals surface area contributed by atoms with Gasteiger partial charge in [0.05, 0.1) is 0 Å². The number of carbonyl (C=O) groups excluding carboxylic acids is 1. The van der Waals surface area contributed by atoms with Crippen LogP contribution in [0.1, 0.15) is 60.0 Å². The number of amides is 1. The van der Waals surface area contributed by atoms with E-state index in [0.29, 0.717) is 6.04 Å². The van der Waals surface area contributed by atoms with Crippen LogP contribution in [0.15, 0.2) is 18.2 Å². The van der Waals surface area contributed by atoms with Crippen molar-refractivity contribution in [1.82, 2.24) is 5.32 Å². The van der Waals surface area contributed by atoms with Crippen molar-refractivity contribution in [2.75, 3.05) is 0 Å². The Hall–Kier alpha value is -1.31. The number of fused-ring (bicyclic) bond motifs is 3. The van der Waals surface area contributed by atoms with E-state index in [9.17, 15) is 4.79 Å². The lowest BCUT2D eigenvalue weighted by Gasteiger charge is -2.23. The minimum atomic E-state index is 0.149. The SMILES string of the molecule is O=C(N[C@H]1C[C@H]2CC[C@@H]1C2)c1ccc2c(c1)CCCC2. The first-order chi connectivity index (χ1) is 9.79. The molecule has 3 aliphatic carbocycles. The van der Waals surface area contributed by atoms with Crippen LogP contribution in [0.2, 0.25) is 0 Å². The maximum Gasteiger partial charge on any atom is 0.251 e. The summed E-state index contributed by atoms with van der Waals surface area (Å²) in [6, 6.07) is 6.77. The van der Waals surface area contributed by atoms with Crippen molar-refractivity contribution in [2.24, 2.45) is 11.8 Å². The lowest BCUT2D eigenvalue weighted by molar-refractivity contribution is 0.0923. The average molecular weight is 269 g/mol. The second kappa shape index (κ2) is 4.91. The van der Waals surface area contributed by atoms with E-state index in [0.717, 1.165) is 23.8 Å². The maximum atomic E-state index is 12.5. The molecule has 2 heteroatoms. The van der Waals surface area contributed by atoms with Gasteiger partial charge in [-0.25, -0.2) is 0 Å². The second-order valence-electron chi connectivity index (χ2n) is 6.95. The summed E-state index contributed by atoms with van der Waals surface area (Å²) in [7, 11) is 0. The van der Waals surface area contributed by atoms with E-state index in [4.69, 9.17) is 0 Å². The maximum absolute atomic E-state index is 12.5. The molecular weight excluding hydrogens is 246 g/mol. The van der Waals surface area contributed by atoms with Gasteiger partial charge in [-0.15, -0.1) is 0 Å². The third kappa shape index (κ3) is 2.15. The molecule has 1 aromatic rings. The molecule has 106 valence electrons. The monoisotopic (exact) mass is 269 g/mol. The number of hydrogen-bond donors (Lipinski definition) is 1. The van der Waals surface area contributed by atoms with Gasteiger partial charge in [-0.05, 0) is 80.0 Å². The van der Waals surface area contributed by atoms with Crippen molar-refractivity contribution in [2.45, 2.75) is 57.4 Å². The van der Waals surface area contributed by atoms with Gasteiger partial charge in [-0.3, -0.25) is 4.79 Å². The molecule has 3 aliphatic rings. The highest BCUT2D eigenvalue weighted by molar-refractivity contribution is 5.94. The second-order valence-corrected chi connectivity index (χ2v) is 6.95. The quantitative estimate of drug-likeness (QED) is 0.875. The predicted molar refractivity (Wildman–Crippen MR) is 79.8 cm³/mol. The van der Waals surface area contributed by atoms with Gasteiger partial charge in [0.2, 0.25) is 0 Å². The molecule has 2 saturated carbocycles. The molecule has 4 rings (SSSR count). The van der Waals surface area contributed by atoms with Gasteiger partial charge < -0.3 is 5.32 Å². The number of rotatable bonds is 2. The smallest absolute Gasteiger partial charge is 0.251 e. The van der Waals surface area contributed by atoms with Crippen LogP contribution >= 0.6 is 0 Å². The molecule has 1 amide bonds. The molecule has 2 nitrogen and oxygen atoms in total. The van der Waals surface area contributed by atoms with Crippen molar-refractivity contribution in [1.29, 1.82) is 0 Å². The highest BCUT2D eigenvalue weighted by atomic mass is 16.1. The molecule has 0 unspecified atom stereocenters. The lowest BCUT2D eigenvalue weighted by atomic mass is 9.90. The Kier molecular flexibility index (Phi) is 3.05. The minimum Gasteiger partial charge on any atom is -0.349 e. The largest absolute Gasteiger partial charge is 0.349 e. The standard InChI is InChI=1S/C18H23NO/c20-18(19-17-10-12-5-6-15(17)9-12)16-8-7-13-3-1-2-4-14(13)11-16/h7-8,11-12,15,17H,1-6,9-10H2,(H,19,20)/t12-,15+,17-/m0/s1. The number of benzene rings is 1. The van der Waals surface area contributed by atoms with Crippen molar-refractivity contribution < 1.29 is 4.79 Å². The Morgan fingerprint density at radius 3 is 2.65 bits per heavy atom. The first-order valence-corrected chi connectivity index (χ1v) is 8.22. The summed E-state index contributed by atoms with van der Waals surface area (Å²) < 4.78 is 0. The summed E-state index contributed by atoms with van der Waals surface area (Å²) in [4.78, 5) is 12.5. The van der Waals surface area contributed by atoms with E-state index in [-0.39, 0.29) is 5.91 Å². The highest BCUT2D eigenvalue weighted by Gasteiger charge is 2.40. The fourth-order valence-corrected chi connectivity index (χ4v) is 4.55. The van der Waals surface area contributed by atoms with Crippen LogP contribution in [0.3, 0.4) is 0 Å². The van der Waals surface area contributed by atoms with Crippen LogP contribution in [0.4, 0.5) is 0 Å². The molecule has 0 radical (unpaired) electrons. The zero-order chi connectivity index (χ0) is 13.5. The third-order valence-electron chi connectivity index (χ3n) is 5.67. The topological polar surface area (TPSA) is 29.1 Å². The molecule has 1 aromatic carbocycles. The van der Waals surface area contributed by atoms with E-state index in [2.05, 4.69) is 17.4 Å². The number of aryl methyl sites for hydroxylation is 2. The lowest BCUT2D eigenvalue weighted by Crippen LogP contribution is -2.38. The predicted octanol–water partition coefficient (Wildman–Crippen LogP) is 3.48. The minimum absolute atomic E-state index is 0.149. The molecule has 3 atom stereocenters. The van der Waals surface area contributed by atoms with E-state index >= 15 is 0 Å². The van der Waals surface area contributed by atoms with Gasteiger partial charge in [0, 0.05) is 11.6 Å². The van der Waals surface area contributed by atoms with Crippen LogP contribution in [0, 0.1) is 11.8 Å². The Morgan fingerprint density at radius 1 is 1.05 bits per heavy atom. The normalized spacial score (nSPS) is 31.1. The number of nitrogens with one attached hydrogen (secondary N) is 1. The Labute approximate surface area is 121 Å². The summed E-state index contributed by atoms with van der Waals surface area (Å²) in [6.45, 7) is 0. The van der Waals surface area contributed by atoms with Crippen LogP contribution < -0.4 is 5.32 Å². The highest BCUT2D eigenvalue weighted by Crippen LogP contribution is 2.44. The molecule has 0 aromatic heterocycles.